The molecule has 2 rings (SSSR count). The molecule has 0 amide bonds. The van der Waals surface area contributed by atoms with E-state index >= 15 is 0 Å². The number of ether oxygens (including phenoxy) is 2. The van der Waals surface area contributed by atoms with Gasteiger partial charge < -0.3 is 20.3 Å². The van der Waals surface area contributed by atoms with Crippen LogP contribution in [0.3, 0.4) is 0 Å². The average Bonchev–Trinajstić information content (AvgIpc) is 2.37. The van der Waals surface area contributed by atoms with Crippen LogP contribution in [0.25, 0.3) is 0 Å². The SMILES string of the molecule is CC(C)(N)C(C)(CCO)c1ccc2c(c1)OCCO2. The fraction of sp³-hybridized carbons (Fsp3) is 0.600. The van der Waals surface area contributed by atoms with Crippen LogP contribution in [-0.2, 0) is 5.41 Å². The molecule has 4 heteroatoms. The number of benzene rings is 1. The van der Waals surface area contributed by atoms with Crippen molar-refractivity contribution < 1.29 is 14.6 Å². The molecule has 0 aromatic heterocycles. The summed E-state index contributed by atoms with van der Waals surface area (Å²) < 4.78 is 11.2. The number of aliphatic hydroxyl groups is 1. The van der Waals surface area contributed by atoms with Gasteiger partial charge in [-0.05, 0) is 38.0 Å². The summed E-state index contributed by atoms with van der Waals surface area (Å²) in [5.41, 5.74) is 6.63. The number of rotatable bonds is 4. The number of hydrogen-bond acceptors (Lipinski definition) is 4. The predicted molar refractivity (Wildman–Crippen MR) is 74.8 cm³/mol. The van der Waals surface area contributed by atoms with Crippen molar-refractivity contribution in [3.05, 3.63) is 23.8 Å². The van der Waals surface area contributed by atoms with Gasteiger partial charge in [0.05, 0.1) is 0 Å². The maximum Gasteiger partial charge on any atom is 0.161 e. The van der Waals surface area contributed by atoms with Crippen molar-refractivity contribution in [1.29, 1.82) is 0 Å². The van der Waals surface area contributed by atoms with Crippen molar-refractivity contribution in [1.82, 2.24) is 0 Å². The van der Waals surface area contributed by atoms with E-state index in [1.807, 2.05) is 32.0 Å². The van der Waals surface area contributed by atoms with Crippen LogP contribution in [0.1, 0.15) is 32.8 Å². The van der Waals surface area contributed by atoms with Gasteiger partial charge in [0.1, 0.15) is 13.2 Å². The van der Waals surface area contributed by atoms with Gasteiger partial charge >= 0.3 is 0 Å². The zero-order chi connectivity index (χ0) is 14.1. The van der Waals surface area contributed by atoms with Crippen molar-refractivity contribution in [3.8, 4) is 11.5 Å². The highest BCUT2D eigenvalue weighted by Crippen LogP contribution is 2.41. The minimum absolute atomic E-state index is 0.103. The van der Waals surface area contributed by atoms with Crippen LogP contribution in [0.2, 0.25) is 0 Å². The van der Waals surface area contributed by atoms with E-state index in [4.69, 9.17) is 15.2 Å². The molecule has 106 valence electrons. The zero-order valence-corrected chi connectivity index (χ0v) is 11.9. The molecule has 0 saturated carbocycles. The topological polar surface area (TPSA) is 64.7 Å². The number of aliphatic hydroxyl groups excluding tert-OH is 1. The van der Waals surface area contributed by atoms with Crippen molar-refractivity contribution >= 4 is 0 Å². The minimum atomic E-state index is -0.445. The lowest BCUT2D eigenvalue weighted by Crippen LogP contribution is -2.52. The lowest BCUT2D eigenvalue weighted by molar-refractivity contribution is 0.168. The Labute approximate surface area is 114 Å². The second-order valence-corrected chi connectivity index (χ2v) is 5.89. The Kier molecular flexibility index (Phi) is 3.74. The van der Waals surface area contributed by atoms with Gasteiger partial charge in [-0.25, -0.2) is 0 Å². The van der Waals surface area contributed by atoms with E-state index in [1.54, 1.807) is 0 Å². The molecular formula is C15H23NO3. The van der Waals surface area contributed by atoms with Crippen LogP contribution in [0, 0.1) is 0 Å². The highest BCUT2D eigenvalue weighted by molar-refractivity contribution is 5.46. The lowest BCUT2D eigenvalue weighted by atomic mass is 9.66. The molecule has 1 heterocycles. The molecule has 0 saturated heterocycles. The van der Waals surface area contributed by atoms with E-state index in [0.717, 1.165) is 17.1 Å². The third-order valence-electron chi connectivity index (χ3n) is 4.21. The van der Waals surface area contributed by atoms with E-state index in [0.29, 0.717) is 19.6 Å². The fourth-order valence-electron chi connectivity index (χ4n) is 2.45. The van der Waals surface area contributed by atoms with Crippen LogP contribution in [0.15, 0.2) is 18.2 Å². The van der Waals surface area contributed by atoms with E-state index in [-0.39, 0.29) is 12.0 Å². The molecule has 1 aliphatic heterocycles. The summed E-state index contributed by atoms with van der Waals surface area (Å²) in [5, 5.41) is 9.35. The van der Waals surface area contributed by atoms with E-state index in [1.165, 1.54) is 0 Å². The van der Waals surface area contributed by atoms with Crippen LogP contribution in [0.5, 0.6) is 11.5 Å². The lowest BCUT2D eigenvalue weighted by Gasteiger charge is -2.42. The summed E-state index contributed by atoms with van der Waals surface area (Å²) in [4.78, 5) is 0. The molecule has 0 aliphatic carbocycles. The first-order valence-corrected chi connectivity index (χ1v) is 6.68. The van der Waals surface area contributed by atoms with Gasteiger partial charge in [-0.2, -0.15) is 0 Å². The second-order valence-electron chi connectivity index (χ2n) is 5.89. The summed E-state index contributed by atoms with van der Waals surface area (Å²) in [6.45, 7) is 7.31. The zero-order valence-electron chi connectivity index (χ0n) is 11.9. The Balaban J connectivity index is 2.43. The summed E-state index contributed by atoms with van der Waals surface area (Å²) in [5.74, 6) is 1.54. The Morgan fingerprint density at radius 3 is 2.37 bits per heavy atom. The van der Waals surface area contributed by atoms with Crippen LogP contribution >= 0.6 is 0 Å². The molecule has 0 radical (unpaired) electrons. The first kappa shape index (κ1) is 14.2. The molecule has 19 heavy (non-hydrogen) atoms. The monoisotopic (exact) mass is 265 g/mol. The Morgan fingerprint density at radius 1 is 1.16 bits per heavy atom. The second kappa shape index (κ2) is 5.02. The number of nitrogens with two attached hydrogens (primary N) is 1. The third-order valence-corrected chi connectivity index (χ3v) is 4.21. The van der Waals surface area contributed by atoms with E-state index < -0.39 is 5.54 Å². The van der Waals surface area contributed by atoms with Gasteiger partial charge in [-0.15, -0.1) is 0 Å². The molecule has 1 unspecified atom stereocenters. The fourth-order valence-corrected chi connectivity index (χ4v) is 2.45. The van der Waals surface area contributed by atoms with Gasteiger partial charge in [0.2, 0.25) is 0 Å². The van der Waals surface area contributed by atoms with Crippen LogP contribution in [-0.4, -0.2) is 30.5 Å². The summed E-state index contributed by atoms with van der Waals surface area (Å²) in [6, 6.07) is 5.92. The first-order valence-electron chi connectivity index (χ1n) is 6.68. The van der Waals surface area contributed by atoms with Gasteiger partial charge in [-0.3, -0.25) is 0 Å². The average molecular weight is 265 g/mol. The number of fused-ring (bicyclic) bond motifs is 1. The molecule has 1 atom stereocenters. The van der Waals surface area contributed by atoms with E-state index in [2.05, 4.69) is 6.92 Å². The largest absolute Gasteiger partial charge is 0.486 e. The molecule has 0 bridgehead atoms. The normalized spacial score (nSPS) is 17.9. The smallest absolute Gasteiger partial charge is 0.161 e. The Bertz CT molecular complexity index is 453. The molecule has 0 fully saturated rings. The molecule has 1 aliphatic rings. The molecule has 0 spiro atoms. The quantitative estimate of drug-likeness (QED) is 0.872. The maximum atomic E-state index is 9.35. The van der Waals surface area contributed by atoms with Crippen molar-refractivity contribution in [2.45, 2.75) is 38.1 Å². The van der Waals surface area contributed by atoms with Gasteiger partial charge in [0, 0.05) is 17.6 Å². The van der Waals surface area contributed by atoms with Gasteiger partial charge in [0.25, 0.3) is 0 Å². The van der Waals surface area contributed by atoms with Gasteiger partial charge in [0.15, 0.2) is 11.5 Å². The van der Waals surface area contributed by atoms with Crippen LogP contribution in [0.4, 0.5) is 0 Å². The Hall–Kier alpha value is -1.26. The summed E-state index contributed by atoms with van der Waals surface area (Å²) >= 11 is 0. The molecule has 1 aromatic rings. The highest BCUT2D eigenvalue weighted by atomic mass is 16.6. The van der Waals surface area contributed by atoms with E-state index in [9.17, 15) is 5.11 Å². The van der Waals surface area contributed by atoms with Crippen molar-refractivity contribution in [3.63, 3.8) is 0 Å². The van der Waals surface area contributed by atoms with Crippen molar-refractivity contribution in [2.75, 3.05) is 19.8 Å². The Morgan fingerprint density at radius 2 is 1.79 bits per heavy atom. The predicted octanol–water partition coefficient (Wildman–Crippen LogP) is 1.84. The third kappa shape index (κ3) is 2.55. The maximum absolute atomic E-state index is 9.35. The molecule has 4 nitrogen and oxygen atoms in total. The van der Waals surface area contributed by atoms with Gasteiger partial charge in [-0.1, -0.05) is 13.0 Å². The minimum Gasteiger partial charge on any atom is -0.486 e. The first-order chi connectivity index (χ1) is 8.88. The van der Waals surface area contributed by atoms with Crippen molar-refractivity contribution in [2.24, 2.45) is 5.73 Å². The molecule has 1 aromatic carbocycles. The highest BCUT2D eigenvalue weighted by Gasteiger charge is 2.39. The summed E-state index contributed by atoms with van der Waals surface area (Å²) in [6.07, 6.45) is 0.607. The molecule has 3 N–H and O–H groups in total. The molecular weight excluding hydrogens is 242 g/mol. The summed E-state index contributed by atoms with van der Waals surface area (Å²) in [7, 11) is 0. The standard InChI is InChI=1S/C15H23NO3/c1-14(2,16)15(3,6-7-17)11-4-5-12-13(10-11)19-9-8-18-12/h4-5,10,17H,6-9,16H2,1-3H3. The number of hydrogen-bond donors (Lipinski definition) is 2. The van der Waals surface area contributed by atoms with Crippen LogP contribution < -0.4 is 15.2 Å².